The van der Waals surface area contributed by atoms with E-state index < -0.39 is 0 Å². The minimum atomic E-state index is 0.692. The molecule has 0 bridgehead atoms. The number of nitrogens with zero attached hydrogens (tertiary/aromatic N) is 2. The smallest absolute Gasteiger partial charge is 0.0587 e. The number of hydrogen-bond acceptors (Lipinski definition) is 3. The first kappa shape index (κ1) is 10.6. The van der Waals surface area contributed by atoms with Crippen molar-refractivity contribution >= 4 is 0 Å². The van der Waals surface area contributed by atoms with Gasteiger partial charge in [-0.1, -0.05) is 6.92 Å². The average molecular weight is 205 g/mol. The van der Waals surface area contributed by atoms with E-state index in [4.69, 9.17) is 0 Å². The Hall–Kier alpha value is -0.960. The molecule has 1 atom stereocenters. The van der Waals surface area contributed by atoms with Gasteiger partial charge in [0, 0.05) is 24.6 Å². The Morgan fingerprint density at radius 1 is 1.47 bits per heavy atom. The molecule has 0 radical (unpaired) electrons. The third kappa shape index (κ3) is 3.27. The lowest BCUT2D eigenvalue weighted by Crippen LogP contribution is -2.31. The van der Waals surface area contributed by atoms with E-state index in [2.05, 4.69) is 22.2 Å². The molecule has 0 aromatic carbocycles. The summed E-state index contributed by atoms with van der Waals surface area (Å²) in [5, 5.41) is 3.57. The third-order valence-corrected chi connectivity index (χ3v) is 2.99. The number of hydrogen-bond donors (Lipinski definition) is 1. The Bertz CT molecular complexity index is 282. The molecule has 3 nitrogen and oxygen atoms in total. The van der Waals surface area contributed by atoms with Gasteiger partial charge >= 0.3 is 0 Å². The maximum atomic E-state index is 4.30. The van der Waals surface area contributed by atoms with Gasteiger partial charge in [-0.15, -0.1) is 0 Å². The van der Waals surface area contributed by atoms with Gasteiger partial charge in [-0.25, -0.2) is 0 Å². The largest absolute Gasteiger partial charge is 0.314 e. The van der Waals surface area contributed by atoms with Gasteiger partial charge in [0.2, 0.25) is 0 Å². The molecule has 1 unspecified atom stereocenters. The van der Waals surface area contributed by atoms with E-state index in [1.807, 2.05) is 6.20 Å². The summed E-state index contributed by atoms with van der Waals surface area (Å²) in [7, 11) is 0. The molecule has 0 aliphatic heterocycles. The van der Waals surface area contributed by atoms with Crippen molar-refractivity contribution in [3.63, 3.8) is 0 Å². The lowest BCUT2D eigenvalue weighted by molar-refractivity contribution is 0.444. The van der Waals surface area contributed by atoms with Crippen LogP contribution in [0.2, 0.25) is 0 Å². The van der Waals surface area contributed by atoms with Gasteiger partial charge in [0.25, 0.3) is 0 Å². The molecule has 2 rings (SSSR count). The summed E-state index contributed by atoms with van der Waals surface area (Å²) >= 11 is 0. The van der Waals surface area contributed by atoms with Crippen LogP contribution in [0, 0.1) is 5.92 Å². The highest BCUT2D eigenvalue weighted by atomic mass is 14.9. The number of aryl methyl sites for hydroxylation is 1. The SMILES string of the molecule is CCNC(CCc1cnccn1)C1CC1. The minimum absolute atomic E-state index is 0.692. The van der Waals surface area contributed by atoms with E-state index in [1.54, 1.807) is 12.4 Å². The van der Waals surface area contributed by atoms with Gasteiger partial charge in [0.1, 0.15) is 0 Å². The van der Waals surface area contributed by atoms with Crippen molar-refractivity contribution < 1.29 is 0 Å². The normalized spacial score (nSPS) is 17.7. The zero-order chi connectivity index (χ0) is 10.5. The molecule has 1 aliphatic rings. The Balaban J connectivity index is 1.80. The van der Waals surface area contributed by atoms with E-state index in [-0.39, 0.29) is 0 Å². The van der Waals surface area contributed by atoms with Crippen LogP contribution in [0.5, 0.6) is 0 Å². The van der Waals surface area contributed by atoms with Crippen LogP contribution in [0.1, 0.15) is 31.9 Å². The fourth-order valence-electron chi connectivity index (χ4n) is 2.03. The highest BCUT2D eigenvalue weighted by Gasteiger charge is 2.30. The molecule has 1 heterocycles. The zero-order valence-electron chi connectivity index (χ0n) is 9.32. The van der Waals surface area contributed by atoms with E-state index in [0.29, 0.717) is 6.04 Å². The van der Waals surface area contributed by atoms with Gasteiger partial charge in [0.15, 0.2) is 0 Å². The Labute approximate surface area is 91.3 Å². The summed E-state index contributed by atoms with van der Waals surface area (Å²) in [5.41, 5.74) is 1.11. The molecule has 1 N–H and O–H groups in total. The van der Waals surface area contributed by atoms with Crippen molar-refractivity contribution in [3.05, 3.63) is 24.3 Å². The van der Waals surface area contributed by atoms with Gasteiger partial charge in [-0.3, -0.25) is 9.97 Å². The Morgan fingerprint density at radius 3 is 2.93 bits per heavy atom. The average Bonchev–Trinajstić information content (AvgIpc) is 3.09. The third-order valence-electron chi connectivity index (χ3n) is 2.99. The second-order valence-electron chi connectivity index (χ2n) is 4.24. The quantitative estimate of drug-likeness (QED) is 0.769. The predicted octanol–water partition coefficient (Wildman–Crippen LogP) is 1.80. The second kappa shape index (κ2) is 5.21. The first-order chi connectivity index (χ1) is 7.40. The molecule has 1 aliphatic carbocycles. The van der Waals surface area contributed by atoms with Crippen LogP contribution in [0.3, 0.4) is 0 Å². The molecule has 15 heavy (non-hydrogen) atoms. The van der Waals surface area contributed by atoms with E-state index in [9.17, 15) is 0 Å². The lowest BCUT2D eigenvalue weighted by Gasteiger charge is -2.16. The number of nitrogens with one attached hydrogen (secondary N) is 1. The first-order valence-electron chi connectivity index (χ1n) is 5.88. The van der Waals surface area contributed by atoms with Crippen LogP contribution in [0.25, 0.3) is 0 Å². The van der Waals surface area contributed by atoms with Gasteiger partial charge in [0.05, 0.1) is 5.69 Å². The molecule has 82 valence electrons. The fourth-order valence-corrected chi connectivity index (χ4v) is 2.03. The van der Waals surface area contributed by atoms with Crippen LogP contribution < -0.4 is 5.32 Å². The Morgan fingerprint density at radius 2 is 2.33 bits per heavy atom. The zero-order valence-corrected chi connectivity index (χ0v) is 9.32. The lowest BCUT2D eigenvalue weighted by atomic mass is 10.1. The molecule has 1 fully saturated rings. The van der Waals surface area contributed by atoms with Crippen LogP contribution in [-0.2, 0) is 6.42 Å². The maximum absolute atomic E-state index is 4.30. The Kier molecular flexibility index (Phi) is 3.67. The highest BCUT2D eigenvalue weighted by molar-refractivity contribution is 4.97. The van der Waals surface area contributed by atoms with Gasteiger partial charge < -0.3 is 5.32 Å². The van der Waals surface area contributed by atoms with E-state index in [0.717, 1.165) is 24.6 Å². The molecule has 1 aromatic heterocycles. The summed E-state index contributed by atoms with van der Waals surface area (Å²) in [4.78, 5) is 8.39. The molecule has 0 amide bonds. The minimum Gasteiger partial charge on any atom is -0.314 e. The van der Waals surface area contributed by atoms with Crippen molar-refractivity contribution in [3.8, 4) is 0 Å². The monoisotopic (exact) mass is 205 g/mol. The summed E-state index contributed by atoms with van der Waals surface area (Å²) in [6.07, 6.45) is 10.4. The molecular weight excluding hydrogens is 186 g/mol. The summed E-state index contributed by atoms with van der Waals surface area (Å²) < 4.78 is 0. The van der Waals surface area contributed by atoms with E-state index >= 15 is 0 Å². The molecule has 3 heteroatoms. The molecule has 1 saturated carbocycles. The van der Waals surface area contributed by atoms with Crippen molar-refractivity contribution in [2.75, 3.05) is 6.54 Å². The predicted molar refractivity (Wildman–Crippen MR) is 60.5 cm³/mol. The van der Waals surface area contributed by atoms with Crippen molar-refractivity contribution in [2.24, 2.45) is 5.92 Å². The number of aromatic nitrogens is 2. The van der Waals surface area contributed by atoms with E-state index in [1.165, 1.54) is 19.3 Å². The molecular formula is C12H19N3. The standard InChI is InChI=1S/C12H19N3/c1-2-14-12(10-3-4-10)6-5-11-9-13-7-8-15-11/h7-10,12,14H,2-6H2,1H3. The van der Waals surface area contributed by atoms with Gasteiger partial charge in [-0.2, -0.15) is 0 Å². The fraction of sp³-hybridized carbons (Fsp3) is 0.667. The highest BCUT2D eigenvalue weighted by Crippen LogP contribution is 2.34. The van der Waals surface area contributed by atoms with Crippen LogP contribution in [0.4, 0.5) is 0 Å². The summed E-state index contributed by atoms with van der Waals surface area (Å²) in [5.74, 6) is 0.918. The maximum Gasteiger partial charge on any atom is 0.0587 e. The van der Waals surface area contributed by atoms with Crippen molar-refractivity contribution in [2.45, 2.75) is 38.6 Å². The molecule has 0 saturated heterocycles. The second-order valence-corrected chi connectivity index (χ2v) is 4.24. The molecule has 0 spiro atoms. The van der Waals surface area contributed by atoms with Crippen molar-refractivity contribution in [1.82, 2.24) is 15.3 Å². The molecule has 1 aromatic rings. The van der Waals surface area contributed by atoms with Crippen molar-refractivity contribution in [1.29, 1.82) is 0 Å². The topological polar surface area (TPSA) is 37.8 Å². The summed E-state index contributed by atoms with van der Waals surface area (Å²) in [6, 6.07) is 0.692. The summed E-state index contributed by atoms with van der Waals surface area (Å²) in [6.45, 7) is 3.25. The van der Waals surface area contributed by atoms with Crippen LogP contribution in [-0.4, -0.2) is 22.6 Å². The van der Waals surface area contributed by atoms with Gasteiger partial charge in [-0.05, 0) is 38.1 Å². The number of rotatable bonds is 6. The first-order valence-corrected chi connectivity index (χ1v) is 5.88. The van der Waals surface area contributed by atoms with Crippen LogP contribution in [0.15, 0.2) is 18.6 Å². The van der Waals surface area contributed by atoms with Crippen LogP contribution >= 0.6 is 0 Å².